The van der Waals surface area contributed by atoms with Crippen LogP contribution in [0.25, 0.3) is 0 Å². The molecule has 0 aliphatic heterocycles. The molecular formula is C13H17Cl2NO. The number of nitrogens with zero attached hydrogens (tertiary/aromatic N) is 1. The van der Waals surface area contributed by atoms with Crippen LogP contribution < -0.4 is 0 Å². The third kappa shape index (κ3) is 4.57. The zero-order valence-electron chi connectivity index (χ0n) is 10.1. The van der Waals surface area contributed by atoms with E-state index in [1.54, 1.807) is 4.90 Å². The van der Waals surface area contributed by atoms with Gasteiger partial charge in [0.2, 0.25) is 5.91 Å². The summed E-state index contributed by atoms with van der Waals surface area (Å²) >= 11 is 11.7. The summed E-state index contributed by atoms with van der Waals surface area (Å²) in [6.45, 7) is 5.35. The van der Waals surface area contributed by atoms with E-state index in [4.69, 9.17) is 23.2 Å². The Morgan fingerprint density at radius 1 is 1.35 bits per heavy atom. The average Bonchev–Trinajstić information content (AvgIpc) is 2.29. The molecule has 17 heavy (non-hydrogen) atoms. The molecule has 4 heteroatoms. The first-order chi connectivity index (χ1) is 8.04. The number of halogens is 2. The molecule has 0 bridgehead atoms. The van der Waals surface area contributed by atoms with Gasteiger partial charge in [0.25, 0.3) is 0 Å². The number of hydrogen-bond acceptors (Lipinski definition) is 1. The summed E-state index contributed by atoms with van der Waals surface area (Å²) in [6, 6.07) is 7.55. The number of rotatable bonds is 5. The second kappa shape index (κ2) is 6.87. The first kappa shape index (κ1) is 14.3. The predicted molar refractivity (Wildman–Crippen MR) is 72.4 cm³/mol. The molecule has 2 nitrogen and oxygen atoms in total. The van der Waals surface area contributed by atoms with Gasteiger partial charge in [0.1, 0.15) is 5.88 Å². The Bertz CT molecular complexity index is 379. The fourth-order valence-electron chi connectivity index (χ4n) is 1.61. The molecule has 0 N–H and O–H groups in total. The van der Waals surface area contributed by atoms with Gasteiger partial charge in [-0.25, -0.2) is 0 Å². The summed E-state index contributed by atoms with van der Waals surface area (Å²) in [5.74, 6) is 0.363. The van der Waals surface area contributed by atoms with Crippen LogP contribution in [0.3, 0.4) is 0 Å². The number of carbonyl (C=O) groups is 1. The minimum atomic E-state index is -0.0553. The minimum Gasteiger partial charge on any atom is -0.337 e. The zero-order chi connectivity index (χ0) is 12.8. The maximum absolute atomic E-state index is 11.7. The molecule has 0 fully saturated rings. The number of amides is 1. The van der Waals surface area contributed by atoms with Crippen LogP contribution in [0.5, 0.6) is 0 Å². The largest absolute Gasteiger partial charge is 0.337 e. The Morgan fingerprint density at radius 2 is 2.00 bits per heavy atom. The summed E-state index contributed by atoms with van der Waals surface area (Å²) < 4.78 is 0. The lowest BCUT2D eigenvalue weighted by Crippen LogP contribution is -2.34. The Morgan fingerprint density at radius 3 is 2.53 bits per heavy atom. The summed E-state index contributed by atoms with van der Waals surface area (Å²) in [5, 5.41) is 0.684. The van der Waals surface area contributed by atoms with E-state index in [0.717, 1.165) is 5.56 Å². The van der Waals surface area contributed by atoms with Crippen molar-refractivity contribution < 1.29 is 4.79 Å². The summed E-state index contributed by atoms with van der Waals surface area (Å²) in [4.78, 5) is 13.5. The van der Waals surface area contributed by atoms with Crippen molar-refractivity contribution in [3.63, 3.8) is 0 Å². The normalized spacial score (nSPS) is 10.6. The van der Waals surface area contributed by atoms with Crippen LogP contribution in [-0.4, -0.2) is 23.2 Å². The maximum atomic E-state index is 11.7. The molecule has 0 aliphatic carbocycles. The molecule has 1 rings (SSSR count). The first-order valence-corrected chi connectivity index (χ1v) is 6.53. The summed E-state index contributed by atoms with van der Waals surface area (Å²) in [5.41, 5.74) is 0.952. The van der Waals surface area contributed by atoms with Crippen molar-refractivity contribution in [2.24, 2.45) is 5.92 Å². The lowest BCUT2D eigenvalue weighted by molar-refractivity contribution is -0.129. The van der Waals surface area contributed by atoms with Gasteiger partial charge in [0.15, 0.2) is 0 Å². The monoisotopic (exact) mass is 273 g/mol. The molecular weight excluding hydrogens is 257 g/mol. The molecule has 1 aromatic carbocycles. The topological polar surface area (TPSA) is 20.3 Å². The summed E-state index contributed by atoms with van der Waals surface area (Å²) in [7, 11) is 0. The lowest BCUT2D eigenvalue weighted by atomic mass is 10.1. The molecule has 94 valence electrons. The van der Waals surface area contributed by atoms with Crippen molar-refractivity contribution in [3.8, 4) is 0 Å². The fraction of sp³-hybridized carbons (Fsp3) is 0.462. The molecule has 0 spiro atoms. The predicted octanol–water partition coefficient (Wildman–Crippen LogP) is 3.56. The smallest absolute Gasteiger partial charge is 0.237 e. The van der Waals surface area contributed by atoms with Gasteiger partial charge in [-0.2, -0.15) is 0 Å². The quantitative estimate of drug-likeness (QED) is 0.752. The third-order valence-corrected chi connectivity index (χ3v) is 2.97. The highest BCUT2D eigenvalue weighted by Crippen LogP contribution is 2.17. The Hall–Kier alpha value is -0.730. The van der Waals surface area contributed by atoms with Crippen LogP contribution in [-0.2, 0) is 11.3 Å². The highest BCUT2D eigenvalue weighted by atomic mass is 35.5. The second-order valence-corrected chi connectivity index (χ2v) is 5.07. The highest BCUT2D eigenvalue weighted by Gasteiger charge is 2.15. The van der Waals surface area contributed by atoms with Gasteiger partial charge < -0.3 is 4.90 Å². The van der Waals surface area contributed by atoms with Crippen molar-refractivity contribution in [2.45, 2.75) is 20.4 Å². The van der Waals surface area contributed by atoms with Crippen LogP contribution in [0.1, 0.15) is 19.4 Å². The van der Waals surface area contributed by atoms with E-state index in [2.05, 4.69) is 13.8 Å². The summed E-state index contributed by atoms with van der Waals surface area (Å²) in [6.07, 6.45) is 0. The molecule has 0 radical (unpaired) electrons. The maximum Gasteiger partial charge on any atom is 0.237 e. The fourth-order valence-corrected chi connectivity index (χ4v) is 1.98. The molecule has 0 heterocycles. The molecule has 0 aromatic heterocycles. The van der Waals surface area contributed by atoms with Gasteiger partial charge in [-0.3, -0.25) is 4.79 Å². The molecule has 1 aromatic rings. The molecule has 0 saturated heterocycles. The molecule has 1 amide bonds. The van der Waals surface area contributed by atoms with E-state index < -0.39 is 0 Å². The highest BCUT2D eigenvalue weighted by molar-refractivity contribution is 6.31. The van der Waals surface area contributed by atoms with Gasteiger partial charge >= 0.3 is 0 Å². The van der Waals surface area contributed by atoms with Crippen molar-refractivity contribution in [3.05, 3.63) is 34.9 Å². The van der Waals surface area contributed by atoms with E-state index >= 15 is 0 Å². The van der Waals surface area contributed by atoms with Gasteiger partial charge in [0, 0.05) is 18.1 Å². The zero-order valence-corrected chi connectivity index (χ0v) is 11.6. The standard InChI is InChI=1S/C13H17Cl2NO/c1-10(2)8-16(13(17)7-14)9-11-5-3-4-6-12(11)15/h3-6,10H,7-9H2,1-2H3. The van der Waals surface area contributed by atoms with Crippen LogP contribution in [0, 0.1) is 5.92 Å². The molecule has 0 atom stereocenters. The van der Waals surface area contributed by atoms with Gasteiger partial charge in [-0.1, -0.05) is 43.6 Å². The minimum absolute atomic E-state index is 0.0111. The number of alkyl halides is 1. The van der Waals surface area contributed by atoms with Gasteiger partial charge in [-0.15, -0.1) is 11.6 Å². The van der Waals surface area contributed by atoms with Crippen LogP contribution in [0.15, 0.2) is 24.3 Å². The number of benzene rings is 1. The Balaban J connectivity index is 2.79. The van der Waals surface area contributed by atoms with Crippen LogP contribution >= 0.6 is 23.2 Å². The molecule has 0 aliphatic rings. The van der Waals surface area contributed by atoms with E-state index in [1.807, 2.05) is 24.3 Å². The Labute approximate surface area is 113 Å². The van der Waals surface area contributed by atoms with E-state index in [9.17, 15) is 4.79 Å². The van der Waals surface area contributed by atoms with Crippen LogP contribution in [0.4, 0.5) is 0 Å². The number of hydrogen-bond donors (Lipinski definition) is 0. The van der Waals surface area contributed by atoms with E-state index in [-0.39, 0.29) is 11.8 Å². The van der Waals surface area contributed by atoms with Crippen molar-refractivity contribution in [1.82, 2.24) is 4.90 Å². The van der Waals surface area contributed by atoms with Crippen LogP contribution in [0.2, 0.25) is 5.02 Å². The Kier molecular flexibility index (Phi) is 5.79. The van der Waals surface area contributed by atoms with Crippen molar-refractivity contribution in [1.29, 1.82) is 0 Å². The van der Waals surface area contributed by atoms with E-state index in [1.165, 1.54) is 0 Å². The van der Waals surface area contributed by atoms with Crippen molar-refractivity contribution >= 4 is 29.1 Å². The average molecular weight is 274 g/mol. The second-order valence-electron chi connectivity index (χ2n) is 4.39. The third-order valence-electron chi connectivity index (χ3n) is 2.37. The van der Waals surface area contributed by atoms with Crippen molar-refractivity contribution in [2.75, 3.05) is 12.4 Å². The van der Waals surface area contributed by atoms with E-state index in [0.29, 0.717) is 24.0 Å². The molecule has 0 unspecified atom stereocenters. The number of carbonyl (C=O) groups excluding carboxylic acids is 1. The lowest BCUT2D eigenvalue weighted by Gasteiger charge is -2.24. The van der Waals surface area contributed by atoms with Gasteiger partial charge in [-0.05, 0) is 17.5 Å². The van der Waals surface area contributed by atoms with Gasteiger partial charge in [0.05, 0.1) is 0 Å². The SMILES string of the molecule is CC(C)CN(Cc1ccccc1Cl)C(=O)CCl. The molecule has 0 saturated carbocycles. The first-order valence-electron chi connectivity index (χ1n) is 5.61.